The molecule has 1 aromatic carbocycles. The van der Waals surface area contributed by atoms with Gasteiger partial charge < -0.3 is 20.1 Å². The molecule has 54 heavy (non-hydrogen) atoms. The van der Waals surface area contributed by atoms with Gasteiger partial charge in [-0.1, -0.05) is 96.2 Å². The number of aldehydes is 1. The third-order valence-corrected chi connectivity index (χ3v) is 8.04. The van der Waals surface area contributed by atoms with Crippen molar-refractivity contribution >= 4 is 62.2 Å². The van der Waals surface area contributed by atoms with E-state index >= 15 is 0 Å². The molecule has 0 saturated carbocycles. The number of amides is 1. The molecule has 6 N–H and O–H groups in total. The molecule has 2 rings (SSSR count). The van der Waals surface area contributed by atoms with E-state index in [9.17, 15) is 19.2 Å². The number of amidine groups is 1. The molecule has 0 aliphatic carbocycles. The number of alkyl halides is 1. The van der Waals surface area contributed by atoms with Crippen molar-refractivity contribution in [2.75, 3.05) is 51.3 Å². The second-order valence-electron chi connectivity index (χ2n) is 11.9. The number of aliphatic carboxylic acids is 2. The van der Waals surface area contributed by atoms with Crippen molar-refractivity contribution in [3.8, 4) is 0 Å². The standard InChI is InChI=1S/C21H32AtN7O3.C9H20.C3H6O2.C3H6O.CH3I.CH4O/c1-3-5-28(7-8-29(6-4-2)14-20(31)32)13-19(30)23-12-16-9-17(11-18(22)10-16)21-26-24-15-25-27-21;1-4-6-7-8-9(3)5-2;1-2-3(4)5;1-2-3-4;2*1-2/h9-11,15H,3-8,12-14H2,1-2H3,(H,23,30)(H,24,25)(H,26,27)(H,31,32);9H,4-8H2,1-3H3;2H2,1H3,(H,4,5);3H,2H2,1H3;1H3;2H,1H3. The Balaban J connectivity index is -0.000000464. The summed E-state index contributed by atoms with van der Waals surface area (Å²) in [6.07, 6.45) is 12.0. The number of carboxylic acid groups (broad SMARTS) is 2. The van der Waals surface area contributed by atoms with Crippen molar-refractivity contribution in [2.45, 2.75) is 113 Å². The predicted molar refractivity (Wildman–Crippen MR) is 226 cm³/mol. The number of hydrogen-bond acceptors (Lipinski definition) is 11. The number of carboxylic acids is 2. The zero-order valence-electron chi connectivity index (χ0n) is 34.3. The maximum absolute atomic E-state index is 12.6. The first-order valence-corrected chi connectivity index (χ1v) is 22.3. The van der Waals surface area contributed by atoms with E-state index in [0.717, 1.165) is 59.6 Å². The van der Waals surface area contributed by atoms with Crippen molar-refractivity contribution in [1.29, 1.82) is 0 Å². The molecule has 16 heteroatoms. The molecule has 1 aromatic rings. The molecule has 0 fully saturated rings. The monoisotopic (exact) mass is 1070 g/mol. The van der Waals surface area contributed by atoms with Gasteiger partial charge in [0.15, 0.2) is 0 Å². The summed E-state index contributed by atoms with van der Waals surface area (Å²) in [6, 6.07) is 6.06. The van der Waals surface area contributed by atoms with Crippen molar-refractivity contribution in [2.24, 2.45) is 16.1 Å². The van der Waals surface area contributed by atoms with Gasteiger partial charge in [0.05, 0.1) is 0 Å². The number of hydrogen-bond donors (Lipinski definition) is 6. The van der Waals surface area contributed by atoms with Gasteiger partial charge in [0.2, 0.25) is 0 Å². The summed E-state index contributed by atoms with van der Waals surface area (Å²) < 4.78 is 1.12. The van der Waals surface area contributed by atoms with Crippen LogP contribution < -0.4 is 19.4 Å². The van der Waals surface area contributed by atoms with Gasteiger partial charge in [-0.05, 0) is 17.3 Å². The number of hydrazone groups is 2. The predicted octanol–water partition coefficient (Wildman–Crippen LogP) is 5.13. The number of carbonyl (C=O) groups excluding carboxylic acids is 2. The minimum absolute atomic E-state index is 0.0258. The van der Waals surface area contributed by atoms with Crippen LogP contribution in [0, 0.1) is 30.6 Å². The van der Waals surface area contributed by atoms with E-state index in [-0.39, 0.29) is 25.4 Å². The third kappa shape index (κ3) is 38.0. The minimum atomic E-state index is -0.825. The van der Waals surface area contributed by atoms with Gasteiger partial charge >= 0.3 is 187 Å². The van der Waals surface area contributed by atoms with E-state index in [1.54, 1.807) is 31.6 Å². The van der Waals surface area contributed by atoms with Gasteiger partial charge in [0.1, 0.15) is 6.29 Å². The molecule has 1 aliphatic heterocycles. The van der Waals surface area contributed by atoms with Crippen LogP contribution in [0.5, 0.6) is 0 Å². The average molecular weight is 1070 g/mol. The normalized spacial score (nSPS) is 11.3. The van der Waals surface area contributed by atoms with E-state index in [4.69, 9.17) is 15.3 Å². The Morgan fingerprint density at radius 2 is 1.44 bits per heavy atom. The van der Waals surface area contributed by atoms with E-state index in [1.165, 1.54) is 38.4 Å². The van der Waals surface area contributed by atoms with Crippen LogP contribution in [0.15, 0.2) is 28.4 Å². The number of nitrogens with zero attached hydrogens (tertiary/aromatic N) is 4. The van der Waals surface area contributed by atoms with Crippen LogP contribution in [0.1, 0.15) is 117 Å². The van der Waals surface area contributed by atoms with Crippen LogP contribution in [0.2, 0.25) is 0 Å². The van der Waals surface area contributed by atoms with Crippen LogP contribution in [-0.4, -0.2) is 113 Å². The van der Waals surface area contributed by atoms with Crippen LogP contribution in [0.25, 0.3) is 0 Å². The number of aliphatic hydroxyl groups excluding tert-OH is 1. The summed E-state index contributed by atoms with van der Waals surface area (Å²) in [5, 5.41) is 34.9. The molecule has 14 nitrogen and oxygen atoms in total. The number of nitrogens with one attached hydrogen (secondary N) is 3. The van der Waals surface area contributed by atoms with Crippen LogP contribution in [-0.2, 0) is 25.7 Å². The molecule has 1 aliphatic rings. The molecule has 0 aromatic heterocycles. The summed E-state index contributed by atoms with van der Waals surface area (Å²) in [4.78, 5) is 48.2. The Labute approximate surface area is 354 Å². The van der Waals surface area contributed by atoms with E-state index in [1.807, 2.05) is 35.8 Å². The first kappa shape index (κ1) is 58.4. The summed E-state index contributed by atoms with van der Waals surface area (Å²) in [5.74, 6) is -0.0351. The molecule has 0 saturated heterocycles. The second-order valence-corrected chi connectivity index (χ2v) is 13.6. The van der Waals surface area contributed by atoms with Crippen molar-refractivity contribution in [3.63, 3.8) is 0 Å². The molecular formula is C38H71AtIN7O7. The van der Waals surface area contributed by atoms with E-state index in [2.05, 4.69) is 87.6 Å². The van der Waals surface area contributed by atoms with Gasteiger partial charge in [0, 0.05) is 20.0 Å². The van der Waals surface area contributed by atoms with Crippen LogP contribution in [0.4, 0.5) is 0 Å². The Hall–Kier alpha value is -2.27. The summed E-state index contributed by atoms with van der Waals surface area (Å²) in [5.41, 5.74) is 7.48. The Bertz CT molecular complexity index is 1150. The van der Waals surface area contributed by atoms with E-state index in [0.29, 0.717) is 31.9 Å². The molecule has 0 bridgehead atoms. The summed E-state index contributed by atoms with van der Waals surface area (Å²) in [6.45, 7) is 17.9. The molecule has 1 heterocycles. The molecule has 0 radical (unpaired) electrons. The fraction of sp³-hybridized carbons (Fsp3) is 0.684. The van der Waals surface area contributed by atoms with Gasteiger partial charge in [-0.2, -0.15) is 0 Å². The Morgan fingerprint density at radius 3 is 1.87 bits per heavy atom. The summed E-state index contributed by atoms with van der Waals surface area (Å²) in [7, 11) is 1.00. The first-order chi connectivity index (χ1) is 25.9. The number of unbranched alkanes of at least 4 members (excludes halogenated alkanes) is 2. The van der Waals surface area contributed by atoms with Crippen molar-refractivity contribution in [3.05, 3.63) is 29.3 Å². The zero-order valence-corrected chi connectivity index (χ0v) is 39.4. The van der Waals surface area contributed by atoms with Gasteiger partial charge in [-0.3, -0.25) is 9.59 Å². The number of rotatable bonds is 21. The molecule has 1 unspecified atom stereocenters. The fourth-order valence-corrected chi connectivity index (χ4v) is 5.31. The maximum atomic E-state index is 12.6. The molecule has 1 atom stereocenters. The van der Waals surface area contributed by atoms with Gasteiger partial charge in [-0.25, -0.2) is 0 Å². The number of aliphatic hydroxyl groups is 1. The van der Waals surface area contributed by atoms with Crippen LogP contribution in [0.3, 0.4) is 0 Å². The molecule has 314 valence electrons. The quantitative estimate of drug-likeness (QED) is 0.0414. The smallest absolute Gasteiger partial charge is 0.480 e. The van der Waals surface area contributed by atoms with Crippen molar-refractivity contribution < 1.29 is 59.2 Å². The van der Waals surface area contributed by atoms with Gasteiger partial charge in [0.25, 0.3) is 0 Å². The van der Waals surface area contributed by atoms with E-state index < -0.39 is 11.9 Å². The van der Waals surface area contributed by atoms with Crippen LogP contribution >= 0.6 is 22.6 Å². The first-order valence-electron chi connectivity index (χ1n) is 18.7. The SMILES string of the molecule is CCC(=O)O.CCC=O.CCCCCC(C)CC.CCCN(CCN(CCC)CC(=O)NCc1cc([At])cc(C2=NNC=NN2)c1)CC(=O)O.CI.CO. The average Bonchev–Trinajstić information content (AvgIpc) is 3.18. The molecule has 0 spiro atoms. The topological polar surface area (TPSA) is 196 Å². The van der Waals surface area contributed by atoms with Gasteiger partial charge in [-0.15, -0.1) is 0 Å². The summed E-state index contributed by atoms with van der Waals surface area (Å²) >= 11 is 3.70. The Morgan fingerprint density at radius 1 is 0.889 bits per heavy atom. The minimum Gasteiger partial charge on any atom is -0.480 e. The second kappa shape index (κ2) is 43.5. The number of halogens is 1. The third-order valence-electron chi connectivity index (χ3n) is 7.19. The fourth-order valence-electron chi connectivity index (χ4n) is 4.31. The van der Waals surface area contributed by atoms with Crippen molar-refractivity contribution in [1.82, 2.24) is 26.0 Å². The Kier molecular flexibility index (Phi) is 47.0. The molecule has 1 amide bonds. The molecular weight excluding hydrogens is 1000 g/mol. The zero-order chi connectivity index (χ0) is 42.2. The number of benzene rings is 1. The number of carbonyl (C=O) groups is 4.